The van der Waals surface area contributed by atoms with Gasteiger partial charge in [-0.05, 0) is 27.9 Å². The maximum Gasteiger partial charge on any atom is 0.191 e. The van der Waals surface area contributed by atoms with E-state index >= 15 is 0 Å². The predicted octanol–water partition coefficient (Wildman–Crippen LogP) is 0.440. The molecule has 1 fully saturated rings. The van der Waals surface area contributed by atoms with Crippen LogP contribution in [-0.4, -0.2) is 88.4 Å². The molecule has 7 heteroatoms. The van der Waals surface area contributed by atoms with Gasteiger partial charge in [0.05, 0.1) is 13.2 Å². The lowest BCUT2D eigenvalue weighted by molar-refractivity contribution is 0.119. The summed E-state index contributed by atoms with van der Waals surface area (Å²) >= 11 is 0. The average Bonchev–Trinajstić information content (AvgIpc) is 2.40. The number of hydrogen-bond acceptors (Lipinski definition) is 4. The quantitative estimate of drug-likeness (QED) is 0.376. The van der Waals surface area contributed by atoms with E-state index in [0.29, 0.717) is 12.6 Å². The molecule has 2 unspecified atom stereocenters. The van der Waals surface area contributed by atoms with E-state index in [1.54, 1.807) is 7.11 Å². The van der Waals surface area contributed by atoms with Gasteiger partial charge in [-0.2, -0.15) is 0 Å². The lowest BCUT2D eigenvalue weighted by atomic mass is 10.2. The van der Waals surface area contributed by atoms with Crippen molar-refractivity contribution in [2.24, 2.45) is 4.99 Å². The van der Waals surface area contributed by atoms with Crippen LogP contribution < -0.4 is 10.6 Å². The molecule has 0 aromatic heterocycles. The van der Waals surface area contributed by atoms with Crippen molar-refractivity contribution in [2.75, 3.05) is 60.5 Å². The number of rotatable bonds is 6. The molecular formula is C14H32IN5O. The fourth-order valence-electron chi connectivity index (χ4n) is 2.34. The Morgan fingerprint density at radius 2 is 2.10 bits per heavy atom. The van der Waals surface area contributed by atoms with Crippen LogP contribution in [0.15, 0.2) is 4.99 Å². The minimum atomic E-state index is 0. The highest BCUT2D eigenvalue weighted by molar-refractivity contribution is 14.0. The molecule has 0 amide bonds. The second kappa shape index (κ2) is 11.4. The number of halogens is 1. The first-order chi connectivity index (χ1) is 9.56. The zero-order chi connectivity index (χ0) is 15.0. The number of piperazine rings is 1. The number of hydrogen-bond donors (Lipinski definition) is 2. The van der Waals surface area contributed by atoms with Crippen LogP contribution in [-0.2, 0) is 4.74 Å². The van der Waals surface area contributed by atoms with Crippen molar-refractivity contribution in [2.45, 2.75) is 25.9 Å². The summed E-state index contributed by atoms with van der Waals surface area (Å²) in [4.78, 5) is 9.48. The number of methoxy groups -OCH3 is 1. The van der Waals surface area contributed by atoms with Gasteiger partial charge in [0, 0.05) is 45.4 Å². The van der Waals surface area contributed by atoms with Crippen molar-refractivity contribution in [1.29, 1.82) is 0 Å². The molecule has 0 aromatic rings. The van der Waals surface area contributed by atoms with Crippen LogP contribution in [0.1, 0.15) is 13.8 Å². The van der Waals surface area contributed by atoms with E-state index in [4.69, 9.17) is 9.73 Å². The van der Waals surface area contributed by atoms with Crippen LogP contribution in [0.2, 0.25) is 0 Å². The molecule has 6 nitrogen and oxygen atoms in total. The van der Waals surface area contributed by atoms with Crippen molar-refractivity contribution in [1.82, 2.24) is 20.4 Å². The molecule has 2 atom stereocenters. The van der Waals surface area contributed by atoms with E-state index in [1.165, 1.54) is 0 Å². The molecule has 1 aliphatic heterocycles. The Morgan fingerprint density at radius 3 is 2.71 bits per heavy atom. The van der Waals surface area contributed by atoms with E-state index in [0.717, 1.165) is 38.7 Å². The van der Waals surface area contributed by atoms with Gasteiger partial charge >= 0.3 is 0 Å². The van der Waals surface area contributed by atoms with Gasteiger partial charge in [-0.3, -0.25) is 9.89 Å². The topological polar surface area (TPSA) is 52.1 Å². The summed E-state index contributed by atoms with van der Waals surface area (Å²) in [6.07, 6.45) is 0. The smallest absolute Gasteiger partial charge is 0.191 e. The molecule has 21 heavy (non-hydrogen) atoms. The van der Waals surface area contributed by atoms with Crippen molar-refractivity contribution in [3.63, 3.8) is 0 Å². The lowest BCUT2D eigenvalue weighted by Crippen LogP contribution is -2.52. The molecular weight excluding hydrogens is 381 g/mol. The predicted molar refractivity (Wildman–Crippen MR) is 99.8 cm³/mol. The molecule has 0 radical (unpaired) electrons. The minimum absolute atomic E-state index is 0. The Morgan fingerprint density at radius 1 is 1.38 bits per heavy atom. The average molecular weight is 413 g/mol. The van der Waals surface area contributed by atoms with Gasteiger partial charge in [-0.25, -0.2) is 0 Å². The maximum atomic E-state index is 5.15. The first-order valence-corrected chi connectivity index (χ1v) is 7.49. The Hall–Kier alpha value is -0.120. The van der Waals surface area contributed by atoms with Crippen LogP contribution in [0.25, 0.3) is 0 Å². The van der Waals surface area contributed by atoms with Crippen LogP contribution in [0.5, 0.6) is 0 Å². The van der Waals surface area contributed by atoms with Gasteiger partial charge < -0.3 is 20.3 Å². The first-order valence-electron chi connectivity index (χ1n) is 7.49. The standard InChI is InChI=1S/C14H31N5O.HI/c1-6-15-14(17-12(2)11-20-5)16-9-13-10-18(3)7-8-19(13)4;/h12-13H,6-11H2,1-5H3,(H2,15,16,17);1H. The van der Waals surface area contributed by atoms with Crippen molar-refractivity contribution >= 4 is 29.9 Å². The van der Waals surface area contributed by atoms with Crippen molar-refractivity contribution in [3.8, 4) is 0 Å². The van der Waals surface area contributed by atoms with Gasteiger partial charge in [0.25, 0.3) is 0 Å². The Balaban J connectivity index is 0.00000400. The van der Waals surface area contributed by atoms with E-state index < -0.39 is 0 Å². The molecule has 126 valence electrons. The van der Waals surface area contributed by atoms with Crippen molar-refractivity contribution in [3.05, 3.63) is 0 Å². The van der Waals surface area contributed by atoms with Gasteiger partial charge in [0.15, 0.2) is 5.96 Å². The summed E-state index contributed by atoms with van der Waals surface area (Å²) in [5.74, 6) is 0.874. The van der Waals surface area contributed by atoms with Gasteiger partial charge in [0.2, 0.25) is 0 Å². The zero-order valence-electron chi connectivity index (χ0n) is 14.1. The summed E-state index contributed by atoms with van der Waals surface area (Å²) in [7, 11) is 6.07. The third kappa shape index (κ3) is 8.18. The summed E-state index contributed by atoms with van der Waals surface area (Å²) in [6.45, 7) is 9.86. The van der Waals surface area contributed by atoms with Crippen LogP contribution in [0.4, 0.5) is 0 Å². The second-order valence-corrected chi connectivity index (χ2v) is 5.62. The fraction of sp³-hybridized carbons (Fsp3) is 0.929. The molecule has 1 aliphatic rings. The fourth-order valence-corrected chi connectivity index (χ4v) is 2.34. The Labute approximate surface area is 146 Å². The largest absolute Gasteiger partial charge is 0.383 e. The van der Waals surface area contributed by atoms with E-state index in [1.807, 2.05) is 0 Å². The molecule has 1 saturated heterocycles. The van der Waals surface area contributed by atoms with E-state index in [9.17, 15) is 0 Å². The molecule has 0 spiro atoms. The van der Waals surface area contributed by atoms with E-state index in [2.05, 4.69) is 48.4 Å². The summed E-state index contributed by atoms with van der Waals surface area (Å²) in [5.41, 5.74) is 0. The number of aliphatic imine (C=N–C) groups is 1. The van der Waals surface area contributed by atoms with Crippen LogP contribution in [0, 0.1) is 0 Å². The summed E-state index contributed by atoms with van der Waals surface area (Å²) in [5, 5.41) is 6.65. The molecule has 0 aromatic carbocycles. The SMILES string of the molecule is CCNC(=NCC1CN(C)CCN1C)NC(C)COC.I. The minimum Gasteiger partial charge on any atom is -0.383 e. The van der Waals surface area contributed by atoms with E-state index in [-0.39, 0.29) is 30.0 Å². The number of nitrogens with zero attached hydrogens (tertiary/aromatic N) is 3. The molecule has 0 saturated carbocycles. The Bertz CT molecular complexity index is 303. The van der Waals surface area contributed by atoms with Gasteiger partial charge in [-0.15, -0.1) is 24.0 Å². The Kier molecular flexibility index (Phi) is 11.4. The number of likely N-dealkylation sites (N-methyl/N-ethyl adjacent to an activating group) is 2. The lowest BCUT2D eigenvalue weighted by Gasteiger charge is -2.37. The van der Waals surface area contributed by atoms with Crippen LogP contribution in [0.3, 0.4) is 0 Å². The van der Waals surface area contributed by atoms with Gasteiger partial charge in [-0.1, -0.05) is 0 Å². The second-order valence-electron chi connectivity index (χ2n) is 5.62. The number of ether oxygens (including phenoxy) is 1. The highest BCUT2D eigenvalue weighted by Crippen LogP contribution is 2.06. The summed E-state index contributed by atoms with van der Waals surface area (Å²) in [6, 6.07) is 0.742. The number of guanidine groups is 1. The molecule has 1 rings (SSSR count). The molecule has 1 heterocycles. The summed E-state index contributed by atoms with van der Waals surface area (Å²) < 4.78 is 5.15. The third-order valence-electron chi connectivity index (χ3n) is 3.58. The highest BCUT2D eigenvalue weighted by atomic mass is 127. The zero-order valence-corrected chi connectivity index (χ0v) is 16.4. The molecule has 0 aliphatic carbocycles. The van der Waals surface area contributed by atoms with Gasteiger partial charge in [0.1, 0.15) is 0 Å². The van der Waals surface area contributed by atoms with Crippen LogP contribution >= 0.6 is 24.0 Å². The monoisotopic (exact) mass is 413 g/mol. The normalized spacial score (nSPS) is 22.5. The third-order valence-corrected chi connectivity index (χ3v) is 3.58. The number of nitrogens with one attached hydrogen (secondary N) is 2. The first kappa shape index (κ1) is 20.9. The molecule has 0 bridgehead atoms. The molecule has 2 N–H and O–H groups in total. The van der Waals surface area contributed by atoms with Crippen molar-refractivity contribution < 1.29 is 4.74 Å². The maximum absolute atomic E-state index is 5.15. The highest BCUT2D eigenvalue weighted by Gasteiger charge is 2.21.